The summed E-state index contributed by atoms with van der Waals surface area (Å²) >= 11 is 0. The van der Waals surface area contributed by atoms with Gasteiger partial charge in [-0.25, -0.2) is 4.98 Å². The molecule has 1 N–H and O–H groups in total. The van der Waals surface area contributed by atoms with Crippen molar-refractivity contribution >= 4 is 5.97 Å². The topological polar surface area (TPSA) is 64.4 Å². The first kappa shape index (κ1) is 11.7. The van der Waals surface area contributed by atoms with Crippen molar-refractivity contribution in [3.63, 3.8) is 0 Å². The van der Waals surface area contributed by atoms with Crippen LogP contribution in [0.15, 0.2) is 17.0 Å². The standard InChI is InChI=1S/C10H16N2O3/c1-7(2)9(10(13)14-3)12-5-8-4-11-6-15-8/h4,6-7,9,12H,5H2,1-3H3. The summed E-state index contributed by atoms with van der Waals surface area (Å²) in [5.41, 5.74) is 0. The number of methoxy groups -OCH3 is 1. The van der Waals surface area contributed by atoms with Crippen molar-refractivity contribution in [2.24, 2.45) is 5.92 Å². The number of oxazole rings is 1. The molecule has 1 aromatic heterocycles. The summed E-state index contributed by atoms with van der Waals surface area (Å²) < 4.78 is 9.75. The van der Waals surface area contributed by atoms with E-state index in [2.05, 4.69) is 10.3 Å². The molecule has 0 aliphatic heterocycles. The quantitative estimate of drug-likeness (QED) is 0.736. The maximum atomic E-state index is 11.4. The first-order chi connectivity index (χ1) is 7.15. The van der Waals surface area contributed by atoms with Crippen LogP contribution in [-0.4, -0.2) is 24.1 Å². The third-order valence-electron chi connectivity index (χ3n) is 2.10. The van der Waals surface area contributed by atoms with Gasteiger partial charge < -0.3 is 9.15 Å². The molecule has 0 aliphatic carbocycles. The van der Waals surface area contributed by atoms with Crippen LogP contribution in [0.2, 0.25) is 0 Å². The predicted octanol–water partition coefficient (Wildman–Crippen LogP) is 0.962. The lowest BCUT2D eigenvalue weighted by atomic mass is 10.0. The monoisotopic (exact) mass is 212 g/mol. The van der Waals surface area contributed by atoms with Gasteiger partial charge in [0.05, 0.1) is 19.9 Å². The third kappa shape index (κ3) is 3.36. The lowest BCUT2D eigenvalue weighted by Crippen LogP contribution is -2.41. The van der Waals surface area contributed by atoms with Gasteiger partial charge in [-0.2, -0.15) is 0 Å². The van der Waals surface area contributed by atoms with Crippen molar-refractivity contribution in [3.05, 3.63) is 18.4 Å². The number of esters is 1. The highest BCUT2D eigenvalue weighted by molar-refractivity contribution is 5.75. The number of aromatic nitrogens is 1. The average Bonchev–Trinajstić information content (AvgIpc) is 2.70. The van der Waals surface area contributed by atoms with E-state index in [0.717, 1.165) is 0 Å². The van der Waals surface area contributed by atoms with Crippen LogP contribution in [0, 0.1) is 5.92 Å². The minimum atomic E-state index is -0.319. The molecule has 1 heterocycles. The molecule has 0 aliphatic rings. The normalized spacial score (nSPS) is 12.8. The maximum absolute atomic E-state index is 11.4. The van der Waals surface area contributed by atoms with Crippen molar-refractivity contribution in [2.45, 2.75) is 26.4 Å². The Labute approximate surface area is 88.8 Å². The predicted molar refractivity (Wildman–Crippen MR) is 54.0 cm³/mol. The van der Waals surface area contributed by atoms with Gasteiger partial charge in [0.1, 0.15) is 11.8 Å². The van der Waals surface area contributed by atoms with Crippen molar-refractivity contribution in [1.82, 2.24) is 10.3 Å². The van der Waals surface area contributed by atoms with E-state index in [1.165, 1.54) is 13.5 Å². The molecule has 5 heteroatoms. The maximum Gasteiger partial charge on any atom is 0.323 e. The molecule has 84 valence electrons. The van der Waals surface area contributed by atoms with Crippen LogP contribution in [-0.2, 0) is 16.1 Å². The second-order valence-corrected chi connectivity index (χ2v) is 3.59. The fourth-order valence-corrected chi connectivity index (χ4v) is 1.26. The highest BCUT2D eigenvalue weighted by Crippen LogP contribution is 2.05. The van der Waals surface area contributed by atoms with Crippen LogP contribution in [0.3, 0.4) is 0 Å². The van der Waals surface area contributed by atoms with E-state index in [-0.39, 0.29) is 17.9 Å². The Morgan fingerprint density at radius 2 is 2.40 bits per heavy atom. The van der Waals surface area contributed by atoms with Crippen molar-refractivity contribution in [3.8, 4) is 0 Å². The molecule has 0 radical (unpaired) electrons. The van der Waals surface area contributed by atoms with E-state index in [4.69, 9.17) is 9.15 Å². The number of rotatable bonds is 5. The van der Waals surface area contributed by atoms with E-state index in [1.54, 1.807) is 6.20 Å². The number of nitrogens with zero attached hydrogens (tertiary/aromatic N) is 1. The SMILES string of the molecule is COC(=O)C(NCc1cnco1)C(C)C. The molecule has 0 aromatic carbocycles. The number of carbonyl (C=O) groups excluding carboxylic acids is 1. The van der Waals surface area contributed by atoms with Gasteiger partial charge in [0, 0.05) is 0 Å². The summed E-state index contributed by atoms with van der Waals surface area (Å²) in [7, 11) is 1.38. The molecule has 1 rings (SSSR count). The Morgan fingerprint density at radius 1 is 1.67 bits per heavy atom. The van der Waals surface area contributed by atoms with Gasteiger partial charge in [-0.05, 0) is 5.92 Å². The molecule has 0 spiro atoms. The minimum Gasteiger partial charge on any atom is -0.468 e. The molecule has 0 saturated carbocycles. The highest BCUT2D eigenvalue weighted by Gasteiger charge is 2.22. The summed E-state index contributed by atoms with van der Waals surface area (Å²) in [4.78, 5) is 15.2. The molecule has 0 fully saturated rings. The van der Waals surface area contributed by atoms with Gasteiger partial charge in [0.2, 0.25) is 0 Å². The lowest BCUT2D eigenvalue weighted by molar-refractivity contribution is -0.144. The van der Waals surface area contributed by atoms with Crippen LogP contribution in [0.5, 0.6) is 0 Å². The first-order valence-electron chi connectivity index (χ1n) is 4.83. The number of hydrogen-bond donors (Lipinski definition) is 1. The number of hydrogen-bond acceptors (Lipinski definition) is 5. The smallest absolute Gasteiger partial charge is 0.323 e. The van der Waals surface area contributed by atoms with Crippen LogP contribution in [0.25, 0.3) is 0 Å². The molecular formula is C10H16N2O3. The van der Waals surface area contributed by atoms with Crippen LogP contribution >= 0.6 is 0 Å². The Hall–Kier alpha value is -1.36. The zero-order valence-electron chi connectivity index (χ0n) is 9.19. The Kier molecular flexibility index (Phi) is 4.30. The van der Waals surface area contributed by atoms with Crippen molar-refractivity contribution in [2.75, 3.05) is 7.11 Å². The molecule has 5 nitrogen and oxygen atoms in total. The summed E-state index contributed by atoms with van der Waals surface area (Å²) in [6.07, 6.45) is 2.97. The second-order valence-electron chi connectivity index (χ2n) is 3.59. The highest BCUT2D eigenvalue weighted by atomic mass is 16.5. The zero-order chi connectivity index (χ0) is 11.3. The average molecular weight is 212 g/mol. The summed E-state index contributed by atoms with van der Waals surface area (Å²) in [6, 6.07) is -0.319. The number of ether oxygens (including phenoxy) is 1. The fourth-order valence-electron chi connectivity index (χ4n) is 1.26. The van der Waals surface area contributed by atoms with Gasteiger partial charge in [-0.1, -0.05) is 13.8 Å². The first-order valence-corrected chi connectivity index (χ1v) is 4.83. The third-order valence-corrected chi connectivity index (χ3v) is 2.10. The van der Waals surface area contributed by atoms with Gasteiger partial charge >= 0.3 is 5.97 Å². The molecule has 0 bridgehead atoms. The van der Waals surface area contributed by atoms with Crippen molar-refractivity contribution in [1.29, 1.82) is 0 Å². The van der Waals surface area contributed by atoms with Crippen molar-refractivity contribution < 1.29 is 13.9 Å². The van der Waals surface area contributed by atoms with Gasteiger partial charge in [-0.15, -0.1) is 0 Å². The Balaban J connectivity index is 2.49. The second kappa shape index (κ2) is 5.50. The summed E-state index contributed by atoms with van der Waals surface area (Å²) in [6.45, 7) is 4.38. The minimum absolute atomic E-state index is 0.167. The van der Waals surface area contributed by atoms with Gasteiger partial charge in [0.25, 0.3) is 0 Å². The Morgan fingerprint density at radius 3 is 2.87 bits per heavy atom. The summed E-state index contributed by atoms with van der Waals surface area (Å²) in [5.74, 6) is 0.606. The molecule has 0 saturated heterocycles. The van der Waals surface area contributed by atoms with Crippen LogP contribution in [0.1, 0.15) is 19.6 Å². The number of nitrogens with one attached hydrogen (secondary N) is 1. The molecule has 0 amide bonds. The van der Waals surface area contributed by atoms with Gasteiger partial charge in [0.15, 0.2) is 6.39 Å². The van der Waals surface area contributed by atoms with Gasteiger partial charge in [-0.3, -0.25) is 10.1 Å². The molecule has 15 heavy (non-hydrogen) atoms. The molecular weight excluding hydrogens is 196 g/mol. The van der Waals surface area contributed by atoms with E-state index in [0.29, 0.717) is 12.3 Å². The van der Waals surface area contributed by atoms with E-state index >= 15 is 0 Å². The lowest BCUT2D eigenvalue weighted by Gasteiger charge is -2.18. The number of carbonyl (C=O) groups is 1. The van der Waals surface area contributed by atoms with Crippen LogP contribution < -0.4 is 5.32 Å². The largest absolute Gasteiger partial charge is 0.468 e. The zero-order valence-corrected chi connectivity index (χ0v) is 9.19. The summed E-state index contributed by atoms with van der Waals surface area (Å²) in [5, 5.41) is 3.06. The van der Waals surface area contributed by atoms with E-state index in [1.807, 2.05) is 13.8 Å². The molecule has 1 unspecified atom stereocenters. The fraction of sp³-hybridized carbons (Fsp3) is 0.600. The Bertz CT molecular complexity index is 296. The molecule has 1 atom stereocenters. The van der Waals surface area contributed by atoms with E-state index in [9.17, 15) is 4.79 Å². The van der Waals surface area contributed by atoms with Crippen LogP contribution in [0.4, 0.5) is 0 Å². The van der Waals surface area contributed by atoms with E-state index < -0.39 is 0 Å². The molecule has 1 aromatic rings.